The maximum Gasteiger partial charge on any atom is 0.343 e. The number of carbonyl (C=O) groups excluding carboxylic acids is 1. The first-order chi connectivity index (χ1) is 20.1. The average Bonchev–Trinajstić information content (AvgIpc) is 3.01. The summed E-state index contributed by atoms with van der Waals surface area (Å²) in [5.74, 6) is 1.35. The van der Waals surface area contributed by atoms with Gasteiger partial charge in [0.2, 0.25) is 0 Å². The van der Waals surface area contributed by atoms with Crippen LogP contribution in [0.2, 0.25) is 0 Å². The Labute approximate surface area is 246 Å². The molecule has 3 aromatic rings. The lowest BCUT2D eigenvalue weighted by Gasteiger charge is -2.14. The zero-order chi connectivity index (χ0) is 29.1. The Bertz CT molecular complexity index is 1110. The van der Waals surface area contributed by atoms with E-state index in [0.717, 1.165) is 30.6 Å². The van der Waals surface area contributed by atoms with Gasteiger partial charge in [-0.1, -0.05) is 90.2 Å². The number of esters is 1. The number of aromatic nitrogens is 2. The summed E-state index contributed by atoms with van der Waals surface area (Å²) in [5.41, 5.74) is 2.39. The van der Waals surface area contributed by atoms with Crippen molar-refractivity contribution in [2.75, 3.05) is 13.2 Å². The highest BCUT2D eigenvalue weighted by atomic mass is 16.5. The van der Waals surface area contributed by atoms with Gasteiger partial charge in [-0.2, -0.15) is 0 Å². The van der Waals surface area contributed by atoms with Crippen molar-refractivity contribution in [3.05, 3.63) is 72.1 Å². The fourth-order valence-corrected chi connectivity index (χ4v) is 4.58. The maximum absolute atomic E-state index is 12.7. The highest BCUT2D eigenvalue weighted by Crippen LogP contribution is 2.22. The third-order valence-corrected chi connectivity index (χ3v) is 7.20. The molecule has 6 heteroatoms. The van der Waals surface area contributed by atoms with Crippen LogP contribution in [0, 0.1) is 0 Å². The van der Waals surface area contributed by atoms with E-state index in [0.29, 0.717) is 29.5 Å². The number of benzene rings is 2. The van der Waals surface area contributed by atoms with Crippen molar-refractivity contribution in [1.82, 2.24) is 9.97 Å². The Morgan fingerprint density at radius 3 is 1.88 bits per heavy atom. The minimum Gasteiger partial charge on any atom is -0.490 e. The summed E-state index contributed by atoms with van der Waals surface area (Å²) in [7, 11) is 0. The fourth-order valence-electron chi connectivity index (χ4n) is 4.58. The summed E-state index contributed by atoms with van der Waals surface area (Å²) in [6.45, 7) is 7.93. The van der Waals surface area contributed by atoms with E-state index in [2.05, 4.69) is 23.8 Å². The summed E-state index contributed by atoms with van der Waals surface area (Å²) in [4.78, 5) is 21.6. The van der Waals surface area contributed by atoms with Gasteiger partial charge < -0.3 is 14.2 Å². The number of rotatable bonds is 20. The van der Waals surface area contributed by atoms with Gasteiger partial charge in [-0.25, -0.2) is 14.8 Å². The zero-order valence-electron chi connectivity index (χ0n) is 25.3. The molecule has 0 N–H and O–H groups in total. The van der Waals surface area contributed by atoms with Gasteiger partial charge in [0.05, 0.1) is 30.7 Å². The fraction of sp³-hybridized carbons (Fsp3) is 0.514. The minimum absolute atomic E-state index is 0.00741. The van der Waals surface area contributed by atoms with Crippen molar-refractivity contribution in [3.8, 4) is 22.9 Å². The number of hydrogen-bond donors (Lipinski definition) is 0. The molecule has 1 heterocycles. The van der Waals surface area contributed by atoms with Crippen molar-refractivity contribution < 1.29 is 19.0 Å². The quantitative estimate of drug-likeness (QED) is 0.0778. The number of nitrogens with zero attached hydrogens (tertiary/aromatic N) is 2. The number of unbranched alkanes of at least 4 members (excludes halogenated alkanes) is 10. The molecule has 3 rings (SSSR count). The first-order valence-corrected chi connectivity index (χ1v) is 15.6. The molecule has 1 aromatic heterocycles. The third kappa shape index (κ3) is 12.0. The SMILES string of the molecule is CCCCCCCCCCOc1cnc(-c2ccc(OC(=O)c3ccc(C(C)OCCCCCC)cc3)cc2)nc1. The topological polar surface area (TPSA) is 70.5 Å². The smallest absolute Gasteiger partial charge is 0.343 e. The monoisotopic (exact) mass is 560 g/mol. The molecule has 0 aliphatic heterocycles. The van der Waals surface area contributed by atoms with E-state index in [9.17, 15) is 4.79 Å². The van der Waals surface area contributed by atoms with Gasteiger partial charge in [-0.15, -0.1) is 0 Å². The molecule has 0 aliphatic carbocycles. The Kier molecular flexibility index (Phi) is 14.9. The lowest BCUT2D eigenvalue weighted by atomic mass is 10.1. The molecule has 6 nitrogen and oxygen atoms in total. The second-order valence-electron chi connectivity index (χ2n) is 10.7. The van der Waals surface area contributed by atoms with E-state index < -0.39 is 5.97 Å². The summed E-state index contributed by atoms with van der Waals surface area (Å²) in [6.07, 6.45) is 18.3. The van der Waals surface area contributed by atoms with Crippen molar-refractivity contribution in [3.63, 3.8) is 0 Å². The lowest BCUT2D eigenvalue weighted by molar-refractivity contribution is 0.0626. The first kappa shape index (κ1) is 32.3. The van der Waals surface area contributed by atoms with Crippen LogP contribution in [-0.2, 0) is 4.74 Å². The summed E-state index contributed by atoms with van der Waals surface area (Å²) in [5, 5.41) is 0. The molecule has 0 fully saturated rings. The molecule has 0 amide bonds. The van der Waals surface area contributed by atoms with Crippen LogP contribution in [0.15, 0.2) is 60.9 Å². The van der Waals surface area contributed by atoms with Crippen LogP contribution in [-0.4, -0.2) is 29.2 Å². The van der Waals surface area contributed by atoms with Crippen molar-refractivity contribution in [2.45, 2.75) is 104 Å². The van der Waals surface area contributed by atoms with Crippen LogP contribution in [0.3, 0.4) is 0 Å². The average molecular weight is 561 g/mol. The highest BCUT2D eigenvalue weighted by Gasteiger charge is 2.12. The summed E-state index contributed by atoms with van der Waals surface area (Å²) in [6, 6.07) is 14.6. The largest absolute Gasteiger partial charge is 0.490 e. The van der Waals surface area contributed by atoms with Gasteiger partial charge in [0.15, 0.2) is 11.6 Å². The van der Waals surface area contributed by atoms with Gasteiger partial charge in [-0.05, 0) is 61.7 Å². The van der Waals surface area contributed by atoms with Gasteiger partial charge in [0.1, 0.15) is 5.75 Å². The molecule has 0 bridgehead atoms. The zero-order valence-corrected chi connectivity index (χ0v) is 25.3. The van der Waals surface area contributed by atoms with Crippen LogP contribution in [0.25, 0.3) is 11.4 Å². The maximum atomic E-state index is 12.7. The van der Waals surface area contributed by atoms with E-state index in [-0.39, 0.29) is 6.10 Å². The highest BCUT2D eigenvalue weighted by molar-refractivity contribution is 5.91. The van der Waals surface area contributed by atoms with E-state index in [1.807, 2.05) is 31.2 Å². The van der Waals surface area contributed by atoms with Crippen molar-refractivity contribution in [2.24, 2.45) is 0 Å². The van der Waals surface area contributed by atoms with Gasteiger partial charge in [0, 0.05) is 12.2 Å². The molecular formula is C35H48N2O4. The Balaban J connectivity index is 1.39. The second-order valence-corrected chi connectivity index (χ2v) is 10.7. The van der Waals surface area contributed by atoms with Crippen molar-refractivity contribution in [1.29, 1.82) is 0 Å². The minimum atomic E-state index is -0.397. The molecule has 222 valence electrons. The Morgan fingerprint density at radius 2 is 1.24 bits per heavy atom. The summed E-state index contributed by atoms with van der Waals surface area (Å²) >= 11 is 0. The molecule has 2 aromatic carbocycles. The predicted molar refractivity (Wildman–Crippen MR) is 165 cm³/mol. The van der Waals surface area contributed by atoms with Gasteiger partial charge >= 0.3 is 5.97 Å². The summed E-state index contributed by atoms with van der Waals surface area (Å²) < 4.78 is 17.3. The van der Waals surface area contributed by atoms with Crippen LogP contribution in [0.5, 0.6) is 11.5 Å². The van der Waals surface area contributed by atoms with Crippen LogP contribution in [0.4, 0.5) is 0 Å². The first-order valence-electron chi connectivity index (χ1n) is 15.6. The Morgan fingerprint density at radius 1 is 0.683 bits per heavy atom. The van der Waals surface area contributed by atoms with E-state index in [1.54, 1.807) is 36.7 Å². The molecule has 0 saturated carbocycles. The van der Waals surface area contributed by atoms with E-state index in [1.165, 1.54) is 64.2 Å². The van der Waals surface area contributed by atoms with Gasteiger partial charge in [-0.3, -0.25) is 0 Å². The number of carbonyl (C=O) groups is 1. The van der Waals surface area contributed by atoms with Crippen molar-refractivity contribution >= 4 is 5.97 Å². The standard InChI is InChI=1S/C35H48N2O4/c1-4-6-8-10-11-12-13-15-25-40-33-26-36-34(37-27-33)30-20-22-32(23-21-30)41-35(38)31-18-16-29(17-19-31)28(3)39-24-14-9-7-5-2/h16-23,26-28H,4-15,24-25H2,1-3H3. The van der Waals surface area contributed by atoms with E-state index in [4.69, 9.17) is 14.2 Å². The Hall–Kier alpha value is -3.25. The molecule has 1 atom stereocenters. The molecular weight excluding hydrogens is 512 g/mol. The molecule has 1 unspecified atom stereocenters. The normalized spacial score (nSPS) is 11.8. The van der Waals surface area contributed by atoms with E-state index >= 15 is 0 Å². The molecule has 0 spiro atoms. The number of ether oxygens (including phenoxy) is 3. The molecule has 0 saturated heterocycles. The molecule has 0 aliphatic rings. The van der Waals surface area contributed by atoms with Crippen LogP contribution in [0.1, 0.15) is 120 Å². The molecule has 0 radical (unpaired) electrons. The van der Waals surface area contributed by atoms with Gasteiger partial charge in [0.25, 0.3) is 0 Å². The van der Waals surface area contributed by atoms with Crippen LogP contribution < -0.4 is 9.47 Å². The second kappa shape index (κ2) is 19.0. The lowest BCUT2D eigenvalue weighted by Crippen LogP contribution is -2.09. The molecule has 41 heavy (non-hydrogen) atoms. The number of hydrogen-bond acceptors (Lipinski definition) is 6. The third-order valence-electron chi connectivity index (χ3n) is 7.20. The van der Waals surface area contributed by atoms with Crippen LogP contribution >= 0.6 is 0 Å². The predicted octanol–water partition coefficient (Wildman–Crippen LogP) is 9.54.